The molecule has 0 aliphatic heterocycles. The number of rotatable bonds is 4. The summed E-state index contributed by atoms with van der Waals surface area (Å²) in [5.41, 5.74) is 4.05. The molecule has 0 fully saturated rings. The number of hydrogen-bond acceptors (Lipinski definition) is 2. The van der Waals surface area contributed by atoms with E-state index in [-0.39, 0.29) is 5.75 Å². The molecule has 0 bridgehead atoms. The third kappa shape index (κ3) is 4.23. The Bertz CT molecular complexity index is 606. The third-order valence-electron chi connectivity index (χ3n) is 3.03. The van der Waals surface area contributed by atoms with Crippen molar-refractivity contribution in [1.29, 1.82) is 0 Å². The van der Waals surface area contributed by atoms with Crippen LogP contribution < -0.4 is 10.1 Å². The minimum atomic E-state index is -4.66. The highest BCUT2D eigenvalue weighted by atomic mass is 19.4. The lowest BCUT2D eigenvalue weighted by atomic mass is 9.97. The Morgan fingerprint density at radius 3 is 2.29 bits per heavy atom. The van der Waals surface area contributed by atoms with Crippen LogP contribution in [0.25, 0.3) is 11.1 Å². The van der Waals surface area contributed by atoms with Crippen molar-refractivity contribution < 1.29 is 17.9 Å². The zero-order chi connectivity index (χ0) is 15.5. The molecule has 0 aliphatic carbocycles. The van der Waals surface area contributed by atoms with Gasteiger partial charge in [0.15, 0.2) is 0 Å². The average Bonchev–Trinajstić information content (AvgIpc) is 2.40. The van der Waals surface area contributed by atoms with E-state index >= 15 is 0 Å². The maximum absolute atomic E-state index is 12.2. The van der Waals surface area contributed by atoms with Crippen molar-refractivity contribution in [3.05, 3.63) is 53.6 Å². The van der Waals surface area contributed by atoms with Gasteiger partial charge in [-0.2, -0.15) is 0 Å². The van der Waals surface area contributed by atoms with Crippen molar-refractivity contribution in [3.8, 4) is 16.9 Å². The molecular weight excluding hydrogens is 279 g/mol. The monoisotopic (exact) mass is 295 g/mol. The molecule has 0 aromatic heterocycles. The molecule has 0 atom stereocenters. The van der Waals surface area contributed by atoms with Crippen LogP contribution >= 0.6 is 0 Å². The molecule has 0 spiro atoms. The highest BCUT2D eigenvalue weighted by Gasteiger charge is 2.30. The predicted octanol–water partition coefficient (Wildman–Crippen LogP) is 4.28. The lowest BCUT2D eigenvalue weighted by molar-refractivity contribution is -0.274. The second kappa shape index (κ2) is 6.18. The van der Waals surface area contributed by atoms with Crippen LogP contribution in [0.3, 0.4) is 0 Å². The molecule has 2 aromatic rings. The molecule has 112 valence electrons. The quantitative estimate of drug-likeness (QED) is 0.909. The summed E-state index contributed by atoms with van der Waals surface area (Å²) in [6.07, 6.45) is -4.66. The van der Waals surface area contributed by atoms with Crippen LogP contribution in [0, 0.1) is 6.92 Å². The van der Waals surface area contributed by atoms with Crippen LogP contribution in [0.4, 0.5) is 13.2 Å². The van der Waals surface area contributed by atoms with Gasteiger partial charge in [0.1, 0.15) is 5.75 Å². The number of benzene rings is 2. The summed E-state index contributed by atoms with van der Waals surface area (Å²) < 4.78 is 40.3. The highest BCUT2D eigenvalue weighted by Crippen LogP contribution is 2.29. The zero-order valence-electron chi connectivity index (χ0n) is 11.8. The number of halogens is 3. The lowest BCUT2D eigenvalue weighted by Gasteiger charge is -2.12. The van der Waals surface area contributed by atoms with E-state index < -0.39 is 6.36 Å². The molecule has 0 heterocycles. The summed E-state index contributed by atoms with van der Waals surface area (Å²) >= 11 is 0. The molecular formula is C16H16F3NO. The number of ether oxygens (including phenoxy) is 1. The van der Waals surface area contributed by atoms with Crippen LogP contribution in [0.15, 0.2) is 42.5 Å². The molecule has 2 rings (SSSR count). The Balaban J connectivity index is 2.32. The van der Waals surface area contributed by atoms with Crippen LogP contribution in [0.2, 0.25) is 0 Å². The molecule has 5 heteroatoms. The Morgan fingerprint density at radius 2 is 1.71 bits per heavy atom. The van der Waals surface area contributed by atoms with E-state index in [0.717, 1.165) is 22.3 Å². The van der Waals surface area contributed by atoms with Gasteiger partial charge in [0, 0.05) is 6.54 Å². The van der Waals surface area contributed by atoms with Crippen molar-refractivity contribution in [3.63, 3.8) is 0 Å². The molecule has 0 unspecified atom stereocenters. The number of nitrogens with one attached hydrogen (secondary N) is 1. The summed E-state index contributed by atoms with van der Waals surface area (Å²) in [7, 11) is 1.85. The van der Waals surface area contributed by atoms with Crippen molar-refractivity contribution >= 4 is 0 Å². The highest BCUT2D eigenvalue weighted by molar-refractivity contribution is 5.68. The standard InChI is InChI=1S/C16H16F3NO/c1-11-3-4-13(10-20-2)15(9-11)12-5-7-14(8-6-12)21-16(17,18)19/h3-9,20H,10H2,1-2H3. The fraction of sp³-hybridized carbons (Fsp3) is 0.250. The Labute approximate surface area is 121 Å². The Morgan fingerprint density at radius 1 is 1.05 bits per heavy atom. The fourth-order valence-corrected chi connectivity index (χ4v) is 2.14. The Kier molecular flexibility index (Phi) is 4.53. The summed E-state index contributed by atoms with van der Waals surface area (Å²) in [5, 5.41) is 3.08. The van der Waals surface area contributed by atoms with Gasteiger partial charge in [-0.05, 0) is 42.8 Å². The van der Waals surface area contributed by atoms with Crippen LogP contribution in [-0.2, 0) is 6.54 Å². The summed E-state index contributed by atoms with van der Waals surface area (Å²) in [4.78, 5) is 0. The molecule has 0 saturated heterocycles. The number of alkyl halides is 3. The fourth-order valence-electron chi connectivity index (χ4n) is 2.14. The first-order valence-electron chi connectivity index (χ1n) is 6.49. The summed E-state index contributed by atoms with van der Waals surface area (Å²) in [5.74, 6) is -0.214. The van der Waals surface area contributed by atoms with E-state index in [1.807, 2.05) is 32.2 Å². The van der Waals surface area contributed by atoms with Crippen LogP contribution in [-0.4, -0.2) is 13.4 Å². The van der Waals surface area contributed by atoms with Gasteiger partial charge in [-0.15, -0.1) is 13.2 Å². The van der Waals surface area contributed by atoms with Crippen molar-refractivity contribution in [1.82, 2.24) is 5.32 Å². The molecule has 0 saturated carbocycles. The van der Waals surface area contributed by atoms with E-state index in [1.54, 1.807) is 12.1 Å². The first-order chi connectivity index (χ1) is 9.89. The van der Waals surface area contributed by atoms with E-state index in [2.05, 4.69) is 10.1 Å². The number of hydrogen-bond donors (Lipinski definition) is 1. The second-order valence-corrected chi connectivity index (χ2v) is 4.76. The normalized spacial score (nSPS) is 11.5. The largest absolute Gasteiger partial charge is 0.573 e. The van der Waals surface area contributed by atoms with Crippen molar-refractivity contribution in [2.24, 2.45) is 0 Å². The Hall–Kier alpha value is -2.01. The summed E-state index contributed by atoms with van der Waals surface area (Å²) in [6.45, 7) is 2.67. The van der Waals surface area contributed by atoms with E-state index in [0.29, 0.717) is 6.54 Å². The van der Waals surface area contributed by atoms with Gasteiger partial charge < -0.3 is 10.1 Å². The third-order valence-corrected chi connectivity index (χ3v) is 3.03. The maximum atomic E-state index is 12.2. The van der Waals surface area contributed by atoms with Crippen molar-refractivity contribution in [2.75, 3.05) is 7.05 Å². The smallest absolute Gasteiger partial charge is 0.406 e. The molecule has 2 aromatic carbocycles. The van der Waals surface area contributed by atoms with Gasteiger partial charge in [-0.25, -0.2) is 0 Å². The minimum Gasteiger partial charge on any atom is -0.406 e. The first-order valence-corrected chi connectivity index (χ1v) is 6.49. The van der Waals surface area contributed by atoms with Gasteiger partial charge in [-0.1, -0.05) is 35.9 Å². The second-order valence-electron chi connectivity index (χ2n) is 4.76. The zero-order valence-corrected chi connectivity index (χ0v) is 11.8. The molecule has 0 amide bonds. The molecule has 21 heavy (non-hydrogen) atoms. The van der Waals surface area contributed by atoms with Crippen LogP contribution in [0.5, 0.6) is 5.75 Å². The van der Waals surface area contributed by atoms with E-state index in [9.17, 15) is 13.2 Å². The van der Waals surface area contributed by atoms with E-state index in [1.165, 1.54) is 12.1 Å². The average molecular weight is 295 g/mol. The van der Waals surface area contributed by atoms with Gasteiger partial charge >= 0.3 is 6.36 Å². The van der Waals surface area contributed by atoms with Crippen molar-refractivity contribution in [2.45, 2.75) is 19.8 Å². The molecule has 2 nitrogen and oxygen atoms in total. The van der Waals surface area contributed by atoms with Gasteiger partial charge in [0.25, 0.3) is 0 Å². The topological polar surface area (TPSA) is 21.3 Å². The predicted molar refractivity (Wildman–Crippen MR) is 76.1 cm³/mol. The number of aryl methyl sites for hydroxylation is 1. The first kappa shape index (κ1) is 15.4. The van der Waals surface area contributed by atoms with Gasteiger partial charge in [0.2, 0.25) is 0 Å². The van der Waals surface area contributed by atoms with Gasteiger partial charge in [-0.3, -0.25) is 0 Å². The van der Waals surface area contributed by atoms with Gasteiger partial charge in [0.05, 0.1) is 0 Å². The van der Waals surface area contributed by atoms with Crippen LogP contribution in [0.1, 0.15) is 11.1 Å². The molecule has 0 radical (unpaired) electrons. The van der Waals surface area contributed by atoms with E-state index in [4.69, 9.17) is 0 Å². The summed E-state index contributed by atoms with van der Waals surface area (Å²) in [6, 6.07) is 12.0. The lowest BCUT2D eigenvalue weighted by Crippen LogP contribution is -2.16. The molecule has 0 aliphatic rings. The molecule has 1 N–H and O–H groups in total. The maximum Gasteiger partial charge on any atom is 0.573 e. The SMILES string of the molecule is CNCc1ccc(C)cc1-c1ccc(OC(F)(F)F)cc1. The minimum absolute atomic E-state index is 0.214.